The van der Waals surface area contributed by atoms with Crippen molar-refractivity contribution < 1.29 is 0 Å². The maximum Gasteiger partial charge on any atom is 0.145 e. The molecular weight excluding hydrogens is 208 g/mol. The average molecular weight is 222 g/mol. The van der Waals surface area contributed by atoms with E-state index in [-0.39, 0.29) is 0 Å². The van der Waals surface area contributed by atoms with Gasteiger partial charge in [0.05, 0.1) is 17.2 Å². The Labute approximate surface area is 92.8 Å². The molecule has 0 saturated heterocycles. The lowest BCUT2D eigenvalue weighted by Crippen LogP contribution is -2.05. The van der Waals surface area contributed by atoms with Crippen molar-refractivity contribution in [1.29, 1.82) is 0 Å². The van der Waals surface area contributed by atoms with Crippen molar-refractivity contribution in [2.24, 2.45) is 0 Å². The fraction of sp³-hybridized carbons (Fsp3) is 0.400. The van der Waals surface area contributed by atoms with Gasteiger partial charge >= 0.3 is 0 Å². The van der Waals surface area contributed by atoms with Crippen molar-refractivity contribution in [2.45, 2.75) is 27.3 Å². The van der Waals surface area contributed by atoms with Gasteiger partial charge in [0.2, 0.25) is 0 Å². The molecule has 2 rings (SSSR count). The quantitative estimate of drug-likeness (QED) is 0.844. The topological polar surface area (TPSA) is 56.7 Å². The van der Waals surface area contributed by atoms with Crippen LogP contribution >= 0.6 is 11.3 Å². The Hall–Kier alpha value is -1.36. The predicted octanol–water partition coefficient (Wildman–Crippen LogP) is 1.90. The van der Waals surface area contributed by atoms with Gasteiger partial charge in [-0.25, -0.2) is 4.98 Å². The maximum absolute atomic E-state index is 5.63. The van der Waals surface area contributed by atoms with Crippen LogP contribution in [0, 0.1) is 20.8 Å². The predicted molar refractivity (Wildman–Crippen MR) is 62.1 cm³/mol. The standard InChI is InChI=1S/C10H14N4S/c1-6-4-10(11)13-14(6)5-9-7(2)15-8(3)12-9/h4H,5H2,1-3H3,(H2,11,13). The van der Waals surface area contributed by atoms with Crippen LogP contribution in [0.4, 0.5) is 5.82 Å². The molecule has 0 fully saturated rings. The summed E-state index contributed by atoms with van der Waals surface area (Å²) in [6, 6.07) is 1.87. The molecule has 2 aromatic rings. The van der Waals surface area contributed by atoms with Crippen molar-refractivity contribution in [3.8, 4) is 0 Å². The molecule has 0 atom stereocenters. The van der Waals surface area contributed by atoms with Crippen LogP contribution in [0.3, 0.4) is 0 Å². The minimum absolute atomic E-state index is 0.567. The molecule has 0 amide bonds. The molecule has 0 saturated carbocycles. The minimum Gasteiger partial charge on any atom is -0.382 e. The van der Waals surface area contributed by atoms with E-state index in [0.717, 1.165) is 16.4 Å². The van der Waals surface area contributed by atoms with Crippen LogP contribution in [0.15, 0.2) is 6.07 Å². The second kappa shape index (κ2) is 3.66. The Morgan fingerprint density at radius 3 is 2.60 bits per heavy atom. The van der Waals surface area contributed by atoms with Crippen molar-refractivity contribution in [3.05, 3.63) is 27.3 Å². The highest BCUT2D eigenvalue weighted by Crippen LogP contribution is 2.18. The third-order valence-electron chi connectivity index (χ3n) is 2.30. The van der Waals surface area contributed by atoms with Crippen molar-refractivity contribution in [2.75, 3.05) is 5.73 Å². The molecule has 0 aromatic carbocycles. The Morgan fingerprint density at radius 1 is 1.40 bits per heavy atom. The Balaban J connectivity index is 2.29. The number of nitrogens with zero attached hydrogens (tertiary/aromatic N) is 3. The van der Waals surface area contributed by atoms with Gasteiger partial charge in [-0.1, -0.05) is 0 Å². The molecule has 4 nitrogen and oxygen atoms in total. The SMILES string of the molecule is Cc1nc(Cn2nc(N)cc2C)c(C)s1. The van der Waals surface area contributed by atoms with Crippen molar-refractivity contribution in [3.63, 3.8) is 0 Å². The van der Waals surface area contributed by atoms with Crippen LogP contribution < -0.4 is 5.73 Å². The van der Waals surface area contributed by atoms with Gasteiger partial charge in [-0.3, -0.25) is 4.68 Å². The fourth-order valence-corrected chi connectivity index (χ4v) is 2.38. The molecule has 0 aliphatic carbocycles. The molecule has 0 radical (unpaired) electrons. The lowest BCUT2D eigenvalue weighted by atomic mass is 10.3. The van der Waals surface area contributed by atoms with E-state index in [0.29, 0.717) is 12.4 Å². The first-order valence-electron chi connectivity index (χ1n) is 4.79. The summed E-state index contributed by atoms with van der Waals surface area (Å²) in [5.74, 6) is 0.567. The number of rotatable bonds is 2. The third-order valence-corrected chi connectivity index (χ3v) is 3.23. The second-order valence-electron chi connectivity index (χ2n) is 3.60. The third kappa shape index (κ3) is 2.02. The first-order chi connectivity index (χ1) is 7.06. The van der Waals surface area contributed by atoms with Gasteiger partial charge in [0.1, 0.15) is 5.82 Å². The molecular formula is C10H14N4S. The number of nitrogens with two attached hydrogens (primary N) is 1. The highest BCUT2D eigenvalue weighted by atomic mass is 32.1. The molecule has 0 aliphatic heterocycles. The molecule has 0 bridgehead atoms. The van der Waals surface area contributed by atoms with Gasteiger partial charge in [-0.05, 0) is 20.8 Å². The molecule has 0 aliphatic rings. The smallest absolute Gasteiger partial charge is 0.145 e. The zero-order valence-electron chi connectivity index (χ0n) is 9.11. The number of hydrogen-bond acceptors (Lipinski definition) is 4. The van der Waals surface area contributed by atoms with E-state index in [1.807, 2.05) is 24.6 Å². The van der Waals surface area contributed by atoms with Crippen LogP contribution in [0.25, 0.3) is 0 Å². The van der Waals surface area contributed by atoms with Crippen molar-refractivity contribution in [1.82, 2.24) is 14.8 Å². The summed E-state index contributed by atoms with van der Waals surface area (Å²) < 4.78 is 1.89. The number of aromatic nitrogens is 3. The summed E-state index contributed by atoms with van der Waals surface area (Å²) in [5, 5.41) is 5.31. The highest BCUT2D eigenvalue weighted by molar-refractivity contribution is 7.11. The molecule has 80 valence electrons. The Morgan fingerprint density at radius 2 is 2.13 bits per heavy atom. The Kier molecular flexibility index (Phi) is 2.48. The van der Waals surface area contributed by atoms with Crippen LogP contribution in [0.5, 0.6) is 0 Å². The molecule has 0 spiro atoms. The monoisotopic (exact) mass is 222 g/mol. The number of aryl methyl sites for hydroxylation is 3. The summed E-state index contributed by atoms with van der Waals surface area (Å²) in [6.07, 6.45) is 0. The molecule has 5 heteroatoms. The molecule has 15 heavy (non-hydrogen) atoms. The average Bonchev–Trinajstić information content (AvgIpc) is 2.58. The zero-order valence-corrected chi connectivity index (χ0v) is 9.93. The molecule has 2 aromatic heterocycles. The molecule has 2 heterocycles. The van der Waals surface area contributed by atoms with Crippen LogP contribution in [-0.2, 0) is 6.54 Å². The Bertz CT molecular complexity index is 439. The number of hydrogen-bond donors (Lipinski definition) is 1. The van der Waals surface area contributed by atoms with Crippen LogP contribution in [0.2, 0.25) is 0 Å². The van der Waals surface area contributed by atoms with E-state index >= 15 is 0 Å². The van der Waals surface area contributed by atoms with Crippen LogP contribution in [0.1, 0.15) is 21.3 Å². The number of thiazole rings is 1. The molecule has 2 N–H and O–H groups in total. The second-order valence-corrected chi connectivity index (χ2v) is 5.01. The van der Waals surface area contributed by atoms with Gasteiger partial charge in [0.15, 0.2) is 0 Å². The molecule has 0 unspecified atom stereocenters. The summed E-state index contributed by atoms with van der Waals surface area (Å²) in [6.45, 7) is 6.81. The van der Waals surface area contributed by atoms with E-state index in [1.165, 1.54) is 4.88 Å². The van der Waals surface area contributed by atoms with Gasteiger partial charge in [0.25, 0.3) is 0 Å². The largest absolute Gasteiger partial charge is 0.382 e. The minimum atomic E-state index is 0.567. The van der Waals surface area contributed by atoms with E-state index in [1.54, 1.807) is 11.3 Å². The summed E-state index contributed by atoms with van der Waals surface area (Å²) in [5.41, 5.74) is 7.78. The highest BCUT2D eigenvalue weighted by Gasteiger charge is 2.08. The maximum atomic E-state index is 5.63. The summed E-state index contributed by atoms with van der Waals surface area (Å²) in [7, 11) is 0. The van der Waals surface area contributed by atoms with Crippen LogP contribution in [-0.4, -0.2) is 14.8 Å². The van der Waals surface area contributed by atoms with E-state index in [4.69, 9.17) is 5.73 Å². The number of nitrogen functional groups attached to an aromatic ring is 1. The first-order valence-corrected chi connectivity index (χ1v) is 5.60. The van der Waals surface area contributed by atoms with E-state index < -0.39 is 0 Å². The van der Waals surface area contributed by atoms with E-state index in [2.05, 4.69) is 17.0 Å². The van der Waals surface area contributed by atoms with Crippen molar-refractivity contribution >= 4 is 17.2 Å². The number of anilines is 1. The summed E-state index contributed by atoms with van der Waals surface area (Å²) >= 11 is 1.72. The lowest BCUT2D eigenvalue weighted by molar-refractivity contribution is 0.655. The van der Waals surface area contributed by atoms with Gasteiger partial charge in [0, 0.05) is 16.6 Å². The lowest BCUT2D eigenvalue weighted by Gasteiger charge is -2.01. The van der Waals surface area contributed by atoms with Gasteiger partial charge in [-0.15, -0.1) is 11.3 Å². The van der Waals surface area contributed by atoms with Gasteiger partial charge < -0.3 is 5.73 Å². The van der Waals surface area contributed by atoms with Gasteiger partial charge in [-0.2, -0.15) is 5.10 Å². The fourth-order valence-electron chi connectivity index (χ4n) is 1.56. The zero-order chi connectivity index (χ0) is 11.0. The summed E-state index contributed by atoms with van der Waals surface area (Å²) in [4.78, 5) is 5.72. The van der Waals surface area contributed by atoms with E-state index in [9.17, 15) is 0 Å². The normalized spacial score (nSPS) is 10.9. The first kappa shape index (κ1) is 10.2.